The van der Waals surface area contributed by atoms with Gasteiger partial charge in [0.05, 0.1) is 12.1 Å². The van der Waals surface area contributed by atoms with Crippen LogP contribution in [-0.2, 0) is 0 Å². The Morgan fingerprint density at radius 2 is 2.00 bits per heavy atom. The van der Waals surface area contributed by atoms with Gasteiger partial charge in [0, 0.05) is 17.3 Å². The van der Waals surface area contributed by atoms with E-state index < -0.39 is 5.97 Å². The molecule has 0 unspecified atom stereocenters. The van der Waals surface area contributed by atoms with Crippen LogP contribution in [0.5, 0.6) is 5.88 Å². The number of carboxylic acids is 1. The summed E-state index contributed by atoms with van der Waals surface area (Å²) in [5, 5.41) is 20.6. The van der Waals surface area contributed by atoms with Gasteiger partial charge in [-0.2, -0.15) is 0 Å². The topological polar surface area (TPSA) is 66.8 Å². The summed E-state index contributed by atoms with van der Waals surface area (Å²) in [4.78, 5) is 14.4. The first kappa shape index (κ1) is 12.8. The van der Waals surface area contributed by atoms with Crippen LogP contribution >= 0.6 is 0 Å². The standard InChI is InChI=1S/C16H10N2O3/c1-17-12-5-6-14-11(7-12)9-18(15(14)19)13-4-2-3-10(8-13)16(20)21/h2-9,19H,(H,20,21). The van der Waals surface area contributed by atoms with Crippen LogP contribution in [0.1, 0.15) is 10.4 Å². The lowest BCUT2D eigenvalue weighted by molar-refractivity contribution is 0.0697. The molecule has 0 spiro atoms. The van der Waals surface area contributed by atoms with Crippen LogP contribution in [0.2, 0.25) is 0 Å². The quantitative estimate of drug-likeness (QED) is 0.704. The molecule has 0 aliphatic heterocycles. The van der Waals surface area contributed by atoms with Crippen LogP contribution in [0.3, 0.4) is 0 Å². The lowest BCUT2D eigenvalue weighted by Gasteiger charge is -2.05. The van der Waals surface area contributed by atoms with E-state index in [1.165, 1.54) is 16.7 Å². The fourth-order valence-corrected chi connectivity index (χ4v) is 2.25. The number of aromatic carboxylic acids is 1. The highest BCUT2D eigenvalue weighted by atomic mass is 16.4. The molecule has 0 fully saturated rings. The van der Waals surface area contributed by atoms with E-state index in [2.05, 4.69) is 4.85 Å². The zero-order valence-electron chi connectivity index (χ0n) is 10.8. The summed E-state index contributed by atoms with van der Waals surface area (Å²) in [6, 6.07) is 11.3. The van der Waals surface area contributed by atoms with Crippen LogP contribution in [0, 0.1) is 6.57 Å². The summed E-state index contributed by atoms with van der Waals surface area (Å²) in [7, 11) is 0. The van der Waals surface area contributed by atoms with Crippen LogP contribution in [-0.4, -0.2) is 20.7 Å². The smallest absolute Gasteiger partial charge is 0.335 e. The summed E-state index contributed by atoms with van der Waals surface area (Å²) in [5.74, 6) is -1.01. The summed E-state index contributed by atoms with van der Waals surface area (Å²) >= 11 is 0. The zero-order chi connectivity index (χ0) is 15.0. The lowest BCUT2D eigenvalue weighted by atomic mass is 10.2. The lowest BCUT2D eigenvalue weighted by Crippen LogP contribution is -1.98. The molecule has 1 heterocycles. The van der Waals surface area contributed by atoms with Crippen LogP contribution in [0.4, 0.5) is 5.69 Å². The SMILES string of the molecule is [C-]#[N+]c1ccc2c(O)n(-c3cccc(C(=O)O)c3)cc2c1. The molecule has 3 rings (SSSR count). The predicted octanol–water partition coefficient (Wildman–Crippen LogP) is 3.59. The largest absolute Gasteiger partial charge is 0.494 e. The van der Waals surface area contributed by atoms with Gasteiger partial charge in [-0.1, -0.05) is 18.2 Å². The number of rotatable bonds is 2. The molecule has 0 amide bonds. The van der Waals surface area contributed by atoms with Crippen molar-refractivity contribution >= 4 is 22.4 Å². The molecule has 5 heteroatoms. The average molecular weight is 278 g/mol. The maximum Gasteiger partial charge on any atom is 0.335 e. The van der Waals surface area contributed by atoms with E-state index in [1.54, 1.807) is 36.5 Å². The molecule has 0 atom stereocenters. The van der Waals surface area contributed by atoms with E-state index in [9.17, 15) is 9.90 Å². The van der Waals surface area contributed by atoms with E-state index in [4.69, 9.17) is 11.7 Å². The zero-order valence-corrected chi connectivity index (χ0v) is 10.8. The highest BCUT2D eigenvalue weighted by molar-refractivity contribution is 5.92. The van der Waals surface area contributed by atoms with Crippen LogP contribution in [0.25, 0.3) is 21.3 Å². The normalized spacial score (nSPS) is 10.4. The number of fused-ring (bicyclic) bond motifs is 1. The Morgan fingerprint density at radius 1 is 1.19 bits per heavy atom. The van der Waals surface area contributed by atoms with Gasteiger partial charge in [-0.25, -0.2) is 9.64 Å². The van der Waals surface area contributed by atoms with Gasteiger partial charge >= 0.3 is 5.97 Å². The van der Waals surface area contributed by atoms with Gasteiger partial charge in [0.15, 0.2) is 5.69 Å². The van der Waals surface area contributed by atoms with E-state index in [-0.39, 0.29) is 11.4 Å². The van der Waals surface area contributed by atoms with Gasteiger partial charge in [0.1, 0.15) is 0 Å². The molecule has 2 N–H and O–H groups in total. The van der Waals surface area contributed by atoms with Crippen molar-refractivity contribution in [3.8, 4) is 11.6 Å². The average Bonchev–Trinajstić information content (AvgIpc) is 2.84. The van der Waals surface area contributed by atoms with E-state index in [0.717, 1.165) is 5.39 Å². The van der Waals surface area contributed by atoms with Gasteiger partial charge in [-0.3, -0.25) is 4.57 Å². The third-order valence-corrected chi connectivity index (χ3v) is 3.27. The summed E-state index contributed by atoms with van der Waals surface area (Å²) in [6.45, 7) is 7.01. The Hall–Kier alpha value is -3.26. The molecule has 2 aromatic carbocycles. The second kappa shape index (κ2) is 4.69. The first-order chi connectivity index (χ1) is 10.1. The molecule has 0 saturated carbocycles. The number of hydrogen-bond acceptors (Lipinski definition) is 2. The van der Waals surface area contributed by atoms with E-state index >= 15 is 0 Å². The second-order valence-electron chi connectivity index (χ2n) is 4.56. The number of carbonyl (C=O) groups is 1. The number of carboxylic acid groups (broad SMARTS) is 1. The Kier molecular flexibility index (Phi) is 2.85. The van der Waals surface area contributed by atoms with Crippen molar-refractivity contribution in [3.63, 3.8) is 0 Å². The molecule has 0 aliphatic rings. The molecular formula is C16H10N2O3. The Balaban J connectivity index is 2.21. The van der Waals surface area contributed by atoms with E-state index in [1.807, 2.05) is 0 Å². The highest BCUT2D eigenvalue weighted by Gasteiger charge is 2.11. The minimum Gasteiger partial charge on any atom is -0.494 e. The summed E-state index contributed by atoms with van der Waals surface area (Å²) < 4.78 is 1.50. The molecule has 1 aromatic heterocycles. The fourth-order valence-electron chi connectivity index (χ4n) is 2.25. The number of aromatic hydroxyl groups is 1. The molecule has 21 heavy (non-hydrogen) atoms. The van der Waals surface area contributed by atoms with Crippen molar-refractivity contribution in [2.75, 3.05) is 0 Å². The molecule has 3 aromatic rings. The van der Waals surface area contributed by atoms with Crippen molar-refractivity contribution < 1.29 is 15.0 Å². The minimum absolute atomic E-state index is 0.0177. The monoisotopic (exact) mass is 278 g/mol. The highest BCUT2D eigenvalue weighted by Crippen LogP contribution is 2.32. The first-order valence-electron chi connectivity index (χ1n) is 6.15. The van der Waals surface area contributed by atoms with Crippen LogP contribution in [0.15, 0.2) is 48.7 Å². The summed E-state index contributed by atoms with van der Waals surface area (Å²) in [5.41, 5.74) is 1.18. The maximum atomic E-state index is 11.0. The van der Waals surface area contributed by atoms with Gasteiger partial charge in [-0.05, 0) is 29.7 Å². The number of hydrogen-bond donors (Lipinski definition) is 2. The minimum atomic E-state index is -1.02. The molecule has 0 bridgehead atoms. The van der Waals surface area contributed by atoms with Gasteiger partial charge in [0.2, 0.25) is 5.88 Å². The van der Waals surface area contributed by atoms with Crippen LogP contribution < -0.4 is 0 Å². The number of aromatic nitrogens is 1. The van der Waals surface area contributed by atoms with Crippen molar-refractivity contribution in [3.05, 3.63) is 65.6 Å². The number of nitrogens with zero attached hydrogens (tertiary/aromatic N) is 2. The van der Waals surface area contributed by atoms with Crippen molar-refractivity contribution in [2.24, 2.45) is 0 Å². The van der Waals surface area contributed by atoms with Gasteiger partial charge in [0.25, 0.3) is 0 Å². The summed E-state index contributed by atoms with van der Waals surface area (Å²) in [6.07, 6.45) is 1.68. The first-order valence-corrected chi connectivity index (χ1v) is 6.15. The van der Waals surface area contributed by atoms with Crippen molar-refractivity contribution in [2.45, 2.75) is 0 Å². The van der Waals surface area contributed by atoms with Gasteiger partial charge < -0.3 is 10.2 Å². The molecule has 5 nitrogen and oxygen atoms in total. The molecule has 0 aliphatic carbocycles. The third-order valence-electron chi connectivity index (χ3n) is 3.27. The van der Waals surface area contributed by atoms with Crippen molar-refractivity contribution in [1.82, 2.24) is 4.57 Å². The Morgan fingerprint density at radius 3 is 2.71 bits per heavy atom. The fraction of sp³-hybridized carbons (Fsp3) is 0. The molecule has 0 radical (unpaired) electrons. The van der Waals surface area contributed by atoms with Crippen molar-refractivity contribution in [1.29, 1.82) is 0 Å². The van der Waals surface area contributed by atoms with Gasteiger partial charge in [-0.15, -0.1) is 0 Å². The molecular weight excluding hydrogens is 268 g/mol. The molecule has 102 valence electrons. The maximum absolute atomic E-state index is 11.0. The van der Waals surface area contributed by atoms with E-state index in [0.29, 0.717) is 16.8 Å². The Labute approximate surface area is 120 Å². The third kappa shape index (κ3) is 2.09. The Bertz CT molecular complexity index is 904. The predicted molar refractivity (Wildman–Crippen MR) is 78.2 cm³/mol. The number of benzene rings is 2. The second-order valence-corrected chi connectivity index (χ2v) is 4.56. The molecule has 0 saturated heterocycles.